The standard InChI is InChI=1S/C16H16F3NO/c1-2-11-3-5-12(6-4-11)13-7-8-15(14(9-13)10-20)21-16(17,18)19/h3-9H,2,10,20H2,1H3. The van der Waals surface area contributed by atoms with Gasteiger partial charge in [-0.15, -0.1) is 13.2 Å². The Morgan fingerprint density at radius 1 is 1.00 bits per heavy atom. The highest BCUT2D eigenvalue weighted by Crippen LogP contribution is 2.30. The highest BCUT2D eigenvalue weighted by atomic mass is 19.4. The van der Waals surface area contributed by atoms with Crippen LogP contribution < -0.4 is 10.5 Å². The first-order valence-electron chi connectivity index (χ1n) is 6.61. The molecule has 0 saturated carbocycles. The molecule has 0 radical (unpaired) electrons. The summed E-state index contributed by atoms with van der Waals surface area (Å²) in [7, 11) is 0. The van der Waals surface area contributed by atoms with E-state index in [2.05, 4.69) is 11.7 Å². The van der Waals surface area contributed by atoms with E-state index >= 15 is 0 Å². The Labute approximate surface area is 121 Å². The summed E-state index contributed by atoms with van der Waals surface area (Å²) >= 11 is 0. The van der Waals surface area contributed by atoms with Gasteiger partial charge in [-0.3, -0.25) is 0 Å². The molecule has 0 fully saturated rings. The molecule has 0 aliphatic rings. The normalized spacial score (nSPS) is 11.5. The van der Waals surface area contributed by atoms with E-state index in [1.807, 2.05) is 24.3 Å². The minimum Gasteiger partial charge on any atom is -0.405 e. The molecule has 0 aliphatic carbocycles. The Morgan fingerprint density at radius 3 is 2.14 bits per heavy atom. The zero-order chi connectivity index (χ0) is 15.5. The van der Waals surface area contributed by atoms with Crippen LogP contribution >= 0.6 is 0 Å². The van der Waals surface area contributed by atoms with Gasteiger partial charge < -0.3 is 10.5 Å². The molecule has 2 aromatic carbocycles. The Hall–Kier alpha value is -2.01. The van der Waals surface area contributed by atoms with Gasteiger partial charge in [-0.2, -0.15) is 0 Å². The number of aryl methyl sites for hydroxylation is 1. The first-order valence-corrected chi connectivity index (χ1v) is 6.61. The van der Waals surface area contributed by atoms with Gasteiger partial charge in [0.05, 0.1) is 0 Å². The van der Waals surface area contributed by atoms with Gasteiger partial charge in [0.1, 0.15) is 5.75 Å². The van der Waals surface area contributed by atoms with Crippen LogP contribution in [0.3, 0.4) is 0 Å². The topological polar surface area (TPSA) is 35.2 Å². The van der Waals surface area contributed by atoms with Crippen molar-refractivity contribution < 1.29 is 17.9 Å². The van der Waals surface area contributed by atoms with Crippen LogP contribution in [0.2, 0.25) is 0 Å². The average Bonchev–Trinajstić information content (AvgIpc) is 2.46. The van der Waals surface area contributed by atoms with Crippen molar-refractivity contribution in [3.05, 3.63) is 53.6 Å². The average molecular weight is 295 g/mol. The Morgan fingerprint density at radius 2 is 1.62 bits per heavy atom. The zero-order valence-corrected chi connectivity index (χ0v) is 11.6. The summed E-state index contributed by atoms with van der Waals surface area (Å²) in [6, 6.07) is 12.4. The maximum Gasteiger partial charge on any atom is 0.573 e. The highest BCUT2D eigenvalue weighted by molar-refractivity contribution is 5.66. The second-order valence-corrected chi connectivity index (χ2v) is 4.62. The number of hydrogen-bond donors (Lipinski definition) is 1. The number of benzene rings is 2. The van der Waals surface area contributed by atoms with Crippen molar-refractivity contribution in [3.63, 3.8) is 0 Å². The molecule has 0 spiro atoms. The molecule has 0 unspecified atom stereocenters. The summed E-state index contributed by atoms with van der Waals surface area (Å²) in [5, 5.41) is 0. The van der Waals surface area contributed by atoms with Crippen molar-refractivity contribution >= 4 is 0 Å². The van der Waals surface area contributed by atoms with E-state index in [0.29, 0.717) is 5.56 Å². The van der Waals surface area contributed by atoms with Crippen molar-refractivity contribution in [3.8, 4) is 16.9 Å². The summed E-state index contributed by atoms with van der Waals surface area (Å²) in [6.07, 6.45) is -3.78. The maximum absolute atomic E-state index is 12.3. The molecule has 5 heteroatoms. The molecule has 0 aromatic heterocycles. The minimum absolute atomic E-state index is 0.0215. The molecule has 0 amide bonds. The molecule has 0 bridgehead atoms. The van der Waals surface area contributed by atoms with Crippen LogP contribution in [0.15, 0.2) is 42.5 Å². The third-order valence-electron chi connectivity index (χ3n) is 3.20. The van der Waals surface area contributed by atoms with Crippen molar-refractivity contribution in [2.45, 2.75) is 26.3 Å². The molecule has 0 aliphatic heterocycles. The van der Waals surface area contributed by atoms with Crippen LogP contribution in [0.1, 0.15) is 18.1 Å². The summed E-state index contributed by atoms with van der Waals surface area (Å²) in [6.45, 7) is 2.04. The lowest BCUT2D eigenvalue weighted by atomic mass is 10.0. The second kappa shape index (κ2) is 6.18. The smallest absolute Gasteiger partial charge is 0.405 e. The second-order valence-electron chi connectivity index (χ2n) is 4.62. The summed E-state index contributed by atoms with van der Waals surface area (Å²) in [4.78, 5) is 0. The predicted molar refractivity (Wildman–Crippen MR) is 75.8 cm³/mol. The lowest BCUT2D eigenvalue weighted by Gasteiger charge is -2.14. The molecule has 0 saturated heterocycles. The molecular weight excluding hydrogens is 279 g/mol. The molecular formula is C16H16F3NO. The van der Waals surface area contributed by atoms with E-state index in [9.17, 15) is 13.2 Å². The number of alkyl halides is 3. The van der Waals surface area contributed by atoms with Crippen LogP contribution in [0.25, 0.3) is 11.1 Å². The summed E-state index contributed by atoms with van der Waals surface area (Å²) in [5.74, 6) is -0.251. The van der Waals surface area contributed by atoms with E-state index < -0.39 is 6.36 Å². The Kier molecular flexibility index (Phi) is 4.53. The zero-order valence-electron chi connectivity index (χ0n) is 11.6. The molecule has 0 atom stereocenters. The van der Waals surface area contributed by atoms with E-state index in [-0.39, 0.29) is 12.3 Å². The van der Waals surface area contributed by atoms with E-state index in [1.165, 1.54) is 11.6 Å². The number of nitrogens with two attached hydrogens (primary N) is 1. The molecule has 2 rings (SSSR count). The van der Waals surface area contributed by atoms with Gasteiger partial charge in [-0.05, 0) is 35.2 Å². The van der Waals surface area contributed by atoms with Gasteiger partial charge >= 0.3 is 6.36 Å². The fraction of sp³-hybridized carbons (Fsp3) is 0.250. The van der Waals surface area contributed by atoms with Crippen molar-refractivity contribution in [2.75, 3.05) is 0 Å². The van der Waals surface area contributed by atoms with Gasteiger partial charge in [0.2, 0.25) is 0 Å². The number of halogens is 3. The fourth-order valence-corrected chi connectivity index (χ4v) is 2.08. The molecule has 21 heavy (non-hydrogen) atoms. The Bertz CT molecular complexity index is 606. The van der Waals surface area contributed by atoms with Gasteiger partial charge in [0, 0.05) is 12.1 Å². The third kappa shape index (κ3) is 3.98. The SMILES string of the molecule is CCc1ccc(-c2ccc(OC(F)(F)F)c(CN)c2)cc1. The van der Waals surface area contributed by atoms with Crippen LogP contribution in [0.4, 0.5) is 13.2 Å². The monoisotopic (exact) mass is 295 g/mol. The molecule has 2 N–H and O–H groups in total. The van der Waals surface area contributed by atoms with Crippen LogP contribution in [-0.4, -0.2) is 6.36 Å². The third-order valence-corrected chi connectivity index (χ3v) is 3.20. The predicted octanol–water partition coefficient (Wildman–Crippen LogP) is 4.27. The fourth-order valence-electron chi connectivity index (χ4n) is 2.08. The van der Waals surface area contributed by atoms with E-state index in [4.69, 9.17) is 5.73 Å². The van der Waals surface area contributed by atoms with Crippen molar-refractivity contribution in [1.29, 1.82) is 0 Å². The summed E-state index contributed by atoms with van der Waals surface area (Å²) in [5.41, 5.74) is 8.79. The van der Waals surface area contributed by atoms with Gasteiger partial charge in [-0.1, -0.05) is 37.3 Å². The lowest BCUT2D eigenvalue weighted by molar-refractivity contribution is -0.274. The van der Waals surface area contributed by atoms with Crippen LogP contribution in [0.5, 0.6) is 5.75 Å². The minimum atomic E-state index is -4.71. The molecule has 2 nitrogen and oxygen atoms in total. The largest absolute Gasteiger partial charge is 0.573 e. The summed E-state index contributed by atoms with van der Waals surface area (Å²) < 4.78 is 40.9. The van der Waals surface area contributed by atoms with Crippen molar-refractivity contribution in [2.24, 2.45) is 5.73 Å². The van der Waals surface area contributed by atoms with Gasteiger partial charge in [-0.25, -0.2) is 0 Å². The first kappa shape index (κ1) is 15.4. The lowest BCUT2D eigenvalue weighted by Crippen LogP contribution is -2.18. The van der Waals surface area contributed by atoms with E-state index in [1.54, 1.807) is 12.1 Å². The number of hydrogen-bond acceptors (Lipinski definition) is 2. The van der Waals surface area contributed by atoms with Crippen LogP contribution in [-0.2, 0) is 13.0 Å². The van der Waals surface area contributed by atoms with Crippen molar-refractivity contribution in [1.82, 2.24) is 0 Å². The molecule has 112 valence electrons. The van der Waals surface area contributed by atoms with Crippen LogP contribution in [0, 0.1) is 0 Å². The number of ether oxygens (including phenoxy) is 1. The highest BCUT2D eigenvalue weighted by Gasteiger charge is 2.32. The Balaban J connectivity index is 2.33. The molecule has 2 aromatic rings. The first-order chi connectivity index (χ1) is 9.93. The van der Waals surface area contributed by atoms with Gasteiger partial charge in [0.25, 0.3) is 0 Å². The van der Waals surface area contributed by atoms with Gasteiger partial charge in [0.15, 0.2) is 0 Å². The number of rotatable bonds is 4. The quantitative estimate of drug-likeness (QED) is 0.914. The molecule has 0 heterocycles. The van der Waals surface area contributed by atoms with E-state index in [0.717, 1.165) is 17.5 Å². The maximum atomic E-state index is 12.3.